The van der Waals surface area contributed by atoms with Gasteiger partial charge in [-0.3, -0.25) is 0 Å². The Morgan fingerprint density at radius 3 is 2.78 bits per heavy atom. The third-order valence-corrected chi connectivity index (χ3v) is 5.63. The molecule has 2 fully saturated rings. The highest BCUT2D eigenvalue weighted by Crippen LogP contribution is 2.40. The molecule has 1 saturated heterocycles. The minimum atomic E-state index is -0.0305. The van der Waals surface area contributed by atoms with Crippen LogP contribution in [0, 0.1) is 0 Å². The number of likely N-dealkylation sites (tertiary alicyclic amines) is 1. The van der Waals surface area contributed by atoms with Crippen molar-refractivity contribution in [2.24, 2.45) is 0 Å². The number of urea groups is 1. The summed E-state index contributed by atoms with van der Waals surface area (Å²) < 4.78 is 1.88. The van der Waals surface area contributed by atoms with E-state index in [1.807, 2.05) is 39.7 Å². The predicted molar refractivity (Wildman–Crippen MR) is 102 cm³/mol. The lowest BCUT2D eigenvalue weighted by molar-refractivity contribution is 0.192. The van der Waals surface area contributed by atoms with E-state index in [1.54, 1.807) is 0 Å². The zero-order valence-corrected chi connectivity index (χ0v) is 15.2. The van der Waals surface area contributed by atoms with Crippen LogP contribution in [0.1, 0.15) is 54.5 Å². The van der Waals surface area contributed by atoms with Crippen molar-refractivity contribution in [3.63, 3.8) is 0 Å². The molecule has 2 amide bonds. The number of carbonyl (C=O) groups is 1. The molecule has 1 aromatic carbocycles. The van der Waals surface area contributed by atoms with Crippen LogP contribution in [0.5, 0.6) is 0 Å². The Morgan fingerprint density at radius 2 is 1.96 bits per heavy atom. The number of aromatic nitrogens is 3. The maximum absolute atomic E-state index is 12.8. The molecule has 2 aromatic heterocycles. The number of pyridine rings is 1. The number of hydrogen-bond donors (Lipinski definition) is 1. The number of fused-ring (bicyclic) bond motifs is 1. The Kier molecular flexibility index (Phi) is 4.03. The highest BCUT2D eigenvalue weighted by Gasteiger charge is 2.33. The van der Waals surface area contributed by atoms with Crippen molar-refractivity contribution in [2.45, 2.75) is 44.2 Å². The second kappa shape index (κ2) is 6.68. The van der Waals surface area contributed by atoms with Gasteiger partial charge in [-0.05, 0) is 48.8 Å². The first-order valence-corrected chi connectivity index (χ1v) is 9.73. The van der Waals surface area contributed by atoms with Gasteiger partial charge in [0.25, 0.3) is 0 Å². The van der Waals surface area contributed by atoms with Crippen molar-refractivity contribution < 1.29 is 4.79 Å². The number of hydrogen-bond acceptors (Lipinski definition) is 3. The molecule has 1 atom stereocenters. The number of nitrogens with zero attached hydrogens (tertiary/aromatic N) is 4. The second-order valence-electron chi connectivity index (χ2n) is 7.54. The Labute approximate surface area is 158 Å². The minimum absolute atomic E-state index is 0.00921. The molecule has 3 heterocycles. The molecule has 2 aliphatic rings. The zero-order valence-electron chi connectivity index (χ0n) is 15.2. The quantitative estimate of drug-likeness (QED) is 0.771. The van der Waals surface area contributed by atoms with Gasteiger partial charge in [-0.25, -0.2) is 9.31 Å². The summed E-state index contributed by atoms with van der Waals surface area (Å²) in [6.45, 7) is 1.29. The van der Waals surface area contributed by atoms with Crippen molar-refractivity contribution in [2.75, 3.05) is 6.54 Å². The van der Waals surface area contributed by atoms with E-state index in [0.29, 0.717) is 12.5 Å². The zero-order chi connectivity index (χ0) is 18.2. The van der Waals surface area contributed by atoms with Gasteiger partial charge >= 0.3 is 6.03 Å². The summed E-state index contributed by atoms with van der Waals surface area (Å²) in [5.74, 6) is 0.689. The van der Waals surface area contributed by atoms with Gasteiger partial charge in [0.05, 0.1) is 11.6 Å². The van der Waals surface area contributed by atoms with Gasteiger partial charge in [0.2, 0.25) is 0 Å². The van der Waals surface area contributed by atoms with Gasteiger partial charge in [0.15, 0.2) is 0 Å². The molecule has 3 aromatic rings. The van der Waals surface area contributed by atoms with Gasteiger partial charge in [0.1, 0.15) is 5.69 Å². The van der Waals surface area contributed by atoms with Crippen LogP contribution in [-0.2, 0) is 6.54 Å². The molecule has 0 bridgehead atoms. The molecule has 5 rings (SSSR count). The van der Waals surface area contributed by atoms with Gasteiger partial charge in [-0.1, -0.05) is 41.6 Å². The third-order valence-electron chi connectivity index (χ3n) is 5.63. The first-order valence-electron chi connectivity index (χ1n) is 9.73. The molecule has 138 valence electrons. The Morgan fingerprint density at radius 1 is 1.11 bits per heavy atom. The number of amides is 2. The molecular formula is C21H23N5O. The van der Waals surface area contributed by atoms with E-state index in [1.165, 1.54) is 18.4 Å². The molecular weight excluding hydrogens is 338 g/mol. The topological polar surface area (TPSA) is 62.5 Å². The lowest BCUT2D eigenvalue weighted by Crippen LogP contribution is -2.39. The summed E-state index contributed by atoms with van der Waals surface area (Å²) in [5.41, 5.74) is 4.35. The normalized spacial score (nSPS) is 19.6. The van der Waals surface area contributed by atoms with E-state index in [-0.39, 0.29) is 12.1 Å². The van der Waals surface area contributed by atoms with Crippen molar-refractivity contribution in [1.29, 1.82) is 0 Å². The molecule has 1 aliphatic carbocycles. The molecule has 27 heavy (non-hydrogen) atoms. The van der Waals surface area contributed by atoms with E-state index >= 15 is 0 Å². The highest BCUT2D eigenvalue weighted by molar-refractivity contribution is 5.75. The van der Waals surface area contributed by atoms with Crippen molar-refractivity contribution >= 4 is 11.5 Å². The summed E-state index contributed by atoms with van der Waals surface area (Å²) in [6.07, 6.45) is 6.55. The van der Waals surface area contributed by atoms with Crippen LogP contribution in [-0.4, -0.2) is 32.3 Å². The molecule has 6 heteroatoms. The Bertz CT molecular complexity index is 963. The van der Waals surface area contributed by atoms with Crippen LogP contribution >= 0.6 is 0 Å². The largest absolute Gasteiger partial charge is 0.334 e. The highest BCUT2D eigenvalue weighted by atomic mass is 16.2. The lowest BCUT2D eigenvalue weighted by atomic mass is 10.1. The van der Waals surface area contributed by atoms with Crippen LogP contribution in [0.3, 0.4) is 0 Å². The van der Waals surface area contributed by atoms with Crippen LogP contribution < -0.4 is 5.32 Å². The molecule has 0 spiro atoms. The van der Waals surface area contributed by atoms with E-state index in [9.17, 15) is 4.79 Å². The molecule has 6 nitrogen and oxygen atoms in total. The summed E-state index contributed by atoms with van der Waals surface area (Å²) >= 11 is 0. The van der Waals surface area contributed by atoms with E-state index in [0.717, 1.165) is 36.2 Å². The first-order chi connectivity index (χ1) is 13.3. The van der Waals surface area contributed by atoms with Gasteiger partial charge in [0, 0.05) is 19.3 Å². The molecule has 1 aliphatic heterocycles. The summed E-state index contributed by atoms with van der Waals surface area (Å²) in [4.78, 5) is 14.7. The average molecular weight is 361 g/mol. The lowest BCUT2D eigenvalue weighted by Gasteiger charge is -2.23. The van der Waals surface area contributed by atoms with E-state index < -0.39 is 0 Å². The van der Waals surface area contributed by atoms with E-state index in [2.05, 4.69) is 34.0 Å². The van der Waals surface area contributed by atoms with Crippen LogP contribution in [0.25, 0.3) is 5.52 Å². The minimum Gasteiger partial charge on any atom is -0.334 e. The maximum atomic E-state index is 12.8. The first kappa shape index (κ1) is 16.3. The van der Waals surface area contributed by atoms with Crippen LogP contribution in [0.15, 0.2) is 48.7 Å². The van der Waals surface area contributed by atoms with Crippen LogP contribution in [0.2, 0.25) is 0 Å². The summed E-state index contributed by atoms with van der Waals surface area (Å²) in [5, 5.41) is 11.8. The van der Waals surface area contributed by atoms with Crippen LogP contribution in [0.4, 0.5) is 4.79 Å². The summed E-state index contributed by atoms with van der Waals surface area (Å²) in [7, 11) is 0. The average Bonchev–Trinajstić information content (AvgIpc) is 3.30. The Hall–Kier alpha value is -2.89. The molecule has 1 unspecified atom stereocenters. The third kappa shape index (κ3) is 3.16. The fourth-order valence-electron chi connectivity index (χ4n) is 3.99. The number of benzene rings is 1. The van der Waals surface area contributed by atoms with Crippen molar-refractivity contribution in [1.82, 2.24) is 25.0 Å². The smallest absolute Gasteiger partial charge is 0.318 e. The summed E-state index contributed by atoms with van der Waals surface area (Å²) in [6, 6.07) is 14.3. The fraction of sp³-hybridized carbons (Fsp3) is 0.381. The van der Waals surface area contributed by atoms with Gasteiger partial charge in [-0.15, -0.1) is 5.10 Å². The molecule has 1 N–H and O–H groups in total. The predicted octanol–water partition coefficient (Wildman–Crippen LogP) is 3.65. The fourth-order valence-corrected chi connectivity index (χ4v) is 3.99. The number of rotatable bonds is 4. The van der Waals surface area contributed by atoms with Crippen molar-refractivity contribution in [3.8, 4) is 0 Å². The SMILES string of the molecule is O=C(NCc1ccccc1)N1CCCC1c1nnn2cc(C3CC3)ccc12. The van der Waals surface area contributed by atoms with Crippen molar-refractivity contribution in [3.05, 3.63) is 65.5 Å². The second-order valence-corrected chi connectivity index (χ2v) is 7.54. The molecule has 1 saturated carbocycles. The monoisotopic (exact) mass is 361 g/mol. The molecule has 0 radical (unpaired) electrons. The number of nitrogens with one attached hydrogen (secondary N) is 1. The Balaban J connectivity index is 1.34. The van der Waals surface area contributed by atoms with Gasteiger partial charge < -0.3 is 10.2 Å². The maximum Gasteiger partial charge on any atom is 0.318 e. The standard InChI is InChI=1S/C21H23N5O/c27-21(22-13-15-5-2-1-3-6-15)25-12-4-7-18(25)20-19-11-10-17(16-8-9-16)14-26(19)24-23-20/h1-3,5-6,10-11,14,16,18H,4,7-9,12-13H2,(H,22,27). The number of carbonyl (C=O) groups excluding carboxylic acids is 1. The van der Waals surface area contributed by atoms with E-state index in [4.69, 9.17) is 0 Å². The van der Waals surface area contributed by atoms with Gasteiger partial charge in [-0.2, -0.15) is 0 Å².